The van der Waals surface area contributed by atoms with Gasteiger partial charge < -0.3 is 0 Å². The lowest BCUT2D eigenvalue weighted by atomic mass is 10.0. The molecule has 2 nitrogen and oxygen atoms in total. The van der Waals surface area contributed by atoms with Gasteiger partial charge in [-0.15, -0.1) is 0 Å². The number of aromatic nitrogens is 2. The van der Waals surface area contributed by atoms with Gasteiger partial charge in [-0.2, -0.15) is 0 Å². The quantitative estimate of drug-likeness (QED) is 0.457. The minimum Gasteiger partial charge on any atom is -0.289 e. The SMILES string of the molecule is Cc1ccc(-c2cn3c(n2)sc2ccc(C)c(C)c23)cc1C. The monoisotopic (exact) mass is 306 g/mol. The van der Waals surface area contributed by atoms with Gasteiger partial charge in [-0.3, -0.25) is 4.40 Å². The van der Waals surface area contributed by atoms with Gasteiger partial charge in [0.05, 0.1) is 15.9 Å². The molecular formula is C19H18N2S. The largest absolute Gasteiger partial charge is 0.289 e. The molecule has 0 aliphatic rings. The number of hydrogen-bond donors (Lipinski definition) is 0. The summed E-state index contributed by atoms with van der Waals surface area (Å²) in [5.41, 5.74) is 8.84. The Hall–Kier alpha value is -2.13. The van der Waals surface area contributed by atoms with Gasteiger partial charge in [-0.1, -0.05) is 29.5 Å². The Morgan fingerprint density at radius 3 is 2.45 bits per heavy atom. The minimum atomic E-state index is 1.05. The van der Waals surface area contributed by atoms with Gasteiger partial charge in [0, 0.05) is 11.8 Å². The number of nitrogens with zero attached hydrogens (tertiary/aromatic N) is 2. The fourth-order valence-electron chi connectivity index (χ4n) is 2.89. The molecule has 22 heavy (non-hydrogen) atoms. The zero-order valence-corrected chi connectivity index (χ0v) is 14.1. The van der Waals surface area contributed by atoms with Crippen molar-refractivity contribution in [3.05, 3.63) is 58.8 Å². The van der Waals surface area contributed by atoms with Crippen LogP contribution in [0.25, 0.3) is 26.4 Å². The third-order valence-corrected chi connectivity index (χ3v) is 5.60. The van der Waals surface area contributed by atoms with Crippen LogP contribution in [0.5, 0.6) is 0 Å². The highest BCUT2D eigenvalue weighted by Gasteiger charge is 2.13. The topological polar surface area (TPSA) is 17.3 Å². The van der Waals surface area contributed by atoms with Crippen molar-refractivity contribution in [3.8, 4) is 11.3 Å². The van der Waals surface area contributed by atoms with Gasteiger partial charge in [0.2, 0.25) is 0 Å². The van der Waals surface area contributed by atoms with Crippen LogP contribution in [0.1, 0.15) is 22.3 Å². The van der Waals surface area contributed by atoms with Gasteiger partial charge in [-0.25, -0.2) is 4.98 Å². The molecule has 0 aliphatic heterocycles. The van der Waals surface area contributed by atoms with E-state index in [9.17, 15) is 0 Å². The van der Waals surface area contributed by atoms with Crippen LogP contribution in [0.4, 0.5) is 0 Å². The Balaban J connectivity index is 1.98. The molecule has 0 amide bonds. The van der Waals surface area contributed by atoms with E-state index in [0.717, 1.165) is 10.7 Å². The van der Waals surface area contributed by atoms with Crippen molar-refractivity contribution in [2.45, 2.75) is 27.7 Å². The number of imidazole rings is 1. The van der Waals surface area contributed by atoms with E-state index < -0.39 is 0 Å². The highest BCUT2D eigenvalue weighted by Crippen LogP contribution is 2.32. The van der Waals surface area contributed by atoms with Crippen molar-refractivity contribution in [1.29, 1.82) is 0 Å². The van der Waals surface area contributed by atoms with Gasteiger partial charge >= 0.3 is 0 Å². The summed E-state index contributed by atoms with van der Waals surface area (Å²) < 4.78 is 3.55. The lowest BCUT2D eigenvalue weighted by molar-refractivity contribution is 1.25. The molecule has 110 valence electrons. The van der Waals surface area contributed by atoms with Crippen LogP contribution in [0.3, 0.4) is 0 Å². The molecule has 2 heterocycles. The Bertz CT molecular complexity index is 1020. The molecule has 3 heteroatoms. The highest BCUT2D eigenvalue weighted by atomic mass is 32.1. The van der Waals surface area contributed by atoms with Crippen molar-refractivity contribution in [2.24, 2.45) is 0 Å². The Labute approximate surface area is 134 Å². The Morgan fingerprint density at radius 1 is 0.909 bits per heavy atom. The number of thiazole rings is 1. The highest BCUT2D eigenvalue weighted by molar-refractivity contribution is 7.23. The summed E-state index contributed by atoms with van der Waals surface area (Å²) in [5.74, 6) is 0. The summed E-state index contributed by atoms with van der Waals surface area (Å²) in [4.78, 5) is 5.91. The van der Waals surface area contributed by atoms with Gasteiger partial charge in [0.25, 0.3) is 0 Å². The predicted molar refractivity (Wildman–Crippen MR) is 95.0 cm³/mol. The lowest BCUT2D eigenvalue weighted by Crippen LogP contribution is -1.86. The first-order chi connectivity index (χ1) is 10.5. The van der Waals surface area contributed by atoms with E-state index in [1.807, 2.05) is 0 Å². The molecule has 2 aromatic carbocycles. The van der Waals surface area contributed by atoms with Gasteiger partial charge in [0.1, 0.15) is 0 Å². The summed E-state index contributed by atoms with van der Waals surface area (Å²) in [6.45, 7) is 8.66. The average molecular weight is 306 g/mol. The molecule has 4 rings (SSSR count). The second kappa shape index (κ2) is 4.68. The second-order valence-electron chi connectivity index (χ2n) is 6.03. The molecule has 0 aliphatic carbocycles. The molecule has 0 bridgehead atoms. The van der Waals surface area contributed by atoms with Crippen LogP contribution in [0.15, 0.2) is 36.5 Å². The number of aryl methyl sites for hydroxylation is 4. The number of fused-ring (bicyclic) bond motifs is 3. The first-order valence-corrected chi connectivity index (χ1v) is 8.31. The first kappa shape index (κ1) is 13.5. The van der Waals surface area contributed by atoms with Crippen molar-refractivity contribution < 1.29 is 0 Å². The van der Waals surface area contributed by atoms with Crippen LogP contribution in [-0.4, -0.2) is 9.38 Å². The van der Waals surface area contributed by atoms with Crippen LogP contribution < -0.4 is 0 Å². The molecule has 4 aromatic rings. The molecule has 0 unspecified atom stereocenters. The Morgan fingerprint density at radius 2 is 1.68 bits per heavy atom. The van der Waals surface area contributed by atoms with Crippen molar-refractivity contribution in [3.63, 3.8) is 0 Å². The average Bonchev–Trinajstić information content (AvgIpc) is 3.03. The zero-order valence-electron chi connectivity index (χ0n) is 13.3. The van der Waals surface area contributed by atoms with Crippen LogP contribution in [0, 0.1) is 27.7 Å². The first-order valence-electron chi connectivity index (χ1n) is 7.50. The normalized spacial score (nSPS) is 11.6. The standard InChI is InChI=1S/C19H18N2S/c1-11-5-7-15(9-13(11)3)16-10-21-18-14(4)12(2)6-8-17(18)22-19(21)20-16/h5-10H,1-4H3. The van der Waals surface area contributed by atoms with Crippen molar-refractivity contribution in [2.75, 3.05) is 0 Å². The van der Waals surface area contributed by atoms with E-state index in [1.54, 1.807) is 11.3 Å². The second-order valence-corrected chi connectivity index (χ2v) is 7.04. The maximum absolute atomic E-state index is 4.84. The molecule has 0 radical (unpaired) electrons. The van der Waals surface area contributed by atoms with E-state index in [1.165, 1.54) is 38.0 Å². The predicted octanol–water partition coefficient (Wildman–Crippen LogP) is 5.45. The number of benzene rings is 2. The lowest BCUT2D eigenvalue weighted by Gasteiger charge is -2.03. The van der Waals surface area contributed by atoms with Gasteiger partial charge in [-0.05, 0) is 62.1 Å². The third-order valence-electron chi connectivity index (χ3n) is 4.58. The van der Waals surface area contributed by atoms with E-state index in [0.29, 0.717) is 0 Å². The third kappa shape index (κ3) is 1.89. The fraction of sp³-hybridized carbons (Fsp3) is 0.211. The number of hydrogen-bond acceptors (Lipinski definition) is 2. The van der Waals surface area contributed by atoms with E-state index in [2.05, 4.69) is 68.6 Å². The number of rotatable bonds is 1. The molecule has 2 aromatic heterocycles. The van der Waals surface area contributed by atoms with Crippen LogP contribution >= 0.6 is 11.3 Å². The maximum atomic E-state index is 4.84. The molecule has 0 saturated heterocycles. The molecule has 0 saturated carbocycles. The summed E-state index contributed by atoms with van der Waals surface area (Å²) in [6, 6.07) is 11.0. The van der Waals surface area contributed by atoms with E-state index >= 15 is 0 Å². The van der Waals surface area contributed by atoms with Gasteiger partial charge in [0.15, 0.2) is 4.96 Å². The van der Waals surface area contributed by atoms with Crippen LogP contribution in [0.2, 0.25) is 0 Å². The summed E-state index contributed by atoms with van der Waals surface area (Å²) >= 11 is 1.76. The van der Waals surface area contributed by atoms with Crippen molar-refractivity contribution in [1.82, 2.24) is 9.38 Å². The summed E-state index contributed by atoms with van der Waals surface area (Å²) in [7, 11) is 0. The fourth-order valence-corrected chi connectivity index (χ4v) is 3.96. The molecule has 0 N–H and O–H groups in total. The molecule has 0 fully saturated rings. The van der Waals surface area contributed by atoms with E-state index in [-0.39, 0.29) is 0 Å². The van der Waals surface area contributed by atoms with Crippen LogP contribution in [-0.2, 0) is 0 Å². The Kier molecular flexibility index (Phi) is 2.88. The van der Waals surface area contributed by atoms with Crippen molar-refractivity contribution >= 4 is 26.5 Å². The minimum absolute atomic E-state index is 1.05. The zero-order chi connectivity index (χ0) is 15.4. The van der Waals surface area contributed by atoms with E-state index in [4.69, 9.17) is 4.98 Å². The summed E-state index contributed by atoms with van der Waals surface area (Å²) in [6.07, 6.45) is 2.17. The maximum Gasteiger partial charge on any atom is 0.195 e. The molecular weight excluding hydrogens is 288 g/mol. The molecule has 0 atom stereocenters. The summed E-state index contributed by atoms with van der Waals surface area (Å²) in [5, 5.41) is 0. The molecule has 0 spiro atoms. The smallest absolute Gasteiger partial charge is 0.195 e.